The van der Waals surface area contributed by atoms with E-state index in [4.69, 9.17) is 0 Å². The Balaban J connectivity index is 2.00. The van der Waals surface area contributed by atoms with Gasteiger partial charge in [0.15, 0.2) is 0 Å². The van der Waals surface area contributed by atoms with Crippen LogP contribution < -0.4 is 5.32 Å². The predicted molar refractivity (Wildman–Crippen MR) is 88.8 cm³/mol. The van der Waals surface area contributed by atoms with E-state index < -0.39 is 0 Å². The van der Waals surface area contributed by atoms with Gasteiger partial charge in [0.2, 0.25) is 0 Å². The smallest absolute Gasteiger partial charge is 0.0410 e. The van der Waals surface area contributed by atoms with Crippen molar-refractivity contribution in [1.29, 1.82) is 0 Å². The van der Waals surface area contributed by atoms with Crippen LogP contribution in [0.1, 0.15) is 51.5 Å². The number of hydrogen-bond acceptors (Lipinski definition) is 2. The molecule has 0 bridgehead atoms. The van der Waals surface area contributed by atoms with Crippen molar-refractivity contribution in [3.05, 3.63) is 28.5 Å². The van der Waals surface area contributed by atoms with E-state index in [-0.39, 0.29) is 0 Å². The van der Waals surface area contributed by atoms with E-state index in [2.05, 4.69) is 46.1 Å². The van der Waals surface area contributed by atoms with Crippen LogP contribution in [0, 0.1) is 11.8 Å². The highest BCUT2D eigenvalue weighted by Gasteiger charge is 2.24. The van der Waals surface area contributed by atoms with Crippen molar-refractivity contribution in [3.8, 4) is 0 Å². The van der Waals surface area contributed by atoms with Crippen molar-refractivity contribution in [2.75, 3.05) is 6.54 Å². The summed E-state index contributed by atoms with van der Waals surface area (Å²) in [5.41, 5.74) is 1.38. The van der Waals surface area contributed by atoms with E-state index in [0.29, 0.717) is 6.04 Å². The van der Waals surface area contributed by atoms with E-state index in [0.717, 1.165) is 16.3 Å². The van der Waals surface area contributed by atoms with Crippen molar-refractivity contribution in [1.82, 2.24) is 10.3 Å². The molecule has 0 amide bonds. The van der Waals surface area contributed by atoms with Gasteiger partial charge in [-0.25, -0.2) is 0 Å². The van der Waals surface area contributed by atoms with Crippen molar-refractivity contribution < 1.29 is 0 Å². The van der Waals surface area contributed by atoms with Crippen LogP contribution in [0.15, 0.2) is 22.9 Å². The Labute approximate surface area is 131 Å². The average molecular weight is 339 g/mol. The number of nitrogens with zero attached hydrogens (tertiary/aromatic N) is 1. The second-order valence-electron chi connectivity index (χ2n) is 6.44. The van der Waals surface area contributed by atoms with E-state index in [1.54, 1.807) is 0 Å². The van der Waals surface area contributed by atoms with Crippen molar-refractivity contribution in [3.63, 3.8) is 0 Å². The molecule has 0 saturated heterocycles. The van der Waals surface area contributed by atoms with E-state index in [1.165, 1.54) is 50.6 Å². The third-order valence-electron chi connectivity index (χ3n) is 4.36. The maximum atomic E-state index is 4.31. The number of nitrogens with one attached hydrogen (secondary N) is 1. The Morgan fingerprint density at radius 2 is 1.95 bits per heavy atom. The zero-order valence-corrected chi connectivity index (χ0v) is 14.3. The summed E-state index contributed by atoms with van der Waals surface area (Å²) in [5, 5.41) is 3.65. The summed E-state index contributed by atoms with van der Waals surface area (Å²) in [6.07, 6.45) is 12.0. The third-order valence-corrected chi connectivity index (χ3v) is 4.80. The van der Waals surface area contributed by atoms with Gasteiger partial charge in [0.05, 0.1) is 0 Å². The number of hydrogen-bond donors (Lipinski definition) is 1. The molecule has 1 fully saturated rings. The topological polar surface area (TPSA) is 24.9 Å². The summed E-state index contributed by atoms with van der Waals surface area (Å²) in [7, 11) is 0. The SMILES string of the molecule is CC(C)NCC1CCCCCC1Cc1cncc(Br)c1. The van der Waals surface area contributed by atoms with Crippen molar-refractivity contribution in [2.45, 2.75) is 58.4 Å². The first kappa shape index (κ1) is 16.0. The van der Waals surface area contributed by atoms with Gasteiger partial charge in [-0.1, -0.05) is 33.1 Å². The molecule has 1 aliphatic carbocycles. The minimum absolute atomic E-state index is 0.589. The second-order valence-corrected chi connectivity index (χ2v) is 7.35. The van der Waals surface area contributed by atoms with Crippen LogP contribution >= 0.6 is 15.9 Å². The van der Waals surface area contributed by atoms with Gasteiger partial charge in [-0.15, -0.1) is 0 Å². The summed E-state index contributed by atoms with van der Waals surface area (Å²) >= 11 is 3.53. The molecule has 2 unspecified atom stereocenters. The highest BCUT2D eigenvalue weighted by Crippen LogP contribution is 2.31. The van der Waals surface area contributed by atoms with Gasteiger partial charge in [0.25, 0.3) is 0 Å². The fourth-order valence-corrected chi connectivity index (χ4v) is 3.67. The summed E-state index contributed by atoms with van der Waals surface area (Å²) in [5.74, 6) is 1.62. The first-order chi connectivity index (χ1) is 9.65. The lowest BCUT2D eigenvalue weighted by molar-refractivity contribution is 0.291. The summed E-state index contributed by atoms with van der Waals surface area (Å²) in [4.78, 5) is 4.31. The molecule has 20 heavy (non-hydrogen) atoms. The quantitative estimate of drug-likeness (QED) is 0.794. The van der Waals surface area contributed by atoms with Gasteiger partial charge < -0.3 is 5.32 Å². The Morgan fingerprint density at radius 3 is 2.65 bits per heavy atom. The molecule has 1 aliphatic rings. The fourth-order valence-electron chi connectivity index (χ4n) is 3.26. The number of pyridine rings is 1. The van der Waals surface area contributed by atoms with Gasteiger partial charge in [0, 0.05) is 22.9 Å². The van der Waals surface area contributed by atoms with Gasteiger partial charge >= 0.3 is 0 Å². The minimum atomic E-state index is 0.589. The summed E-state index contributed by atoms with van der Waals surface area (Å²) in [6, 6.07) is 2.82. The zero-order chi connectivity index (χ0) is 14.4. The average Bonchev–Trinajstić information content (AvgIpc) is 2.62. The highest BCUT2D eigenvalue weighted by atomic mass is 79.9. The normalized spacial score (nSPS) is 23.8. The molecule has 1 aromatic heterocycles. The Hall–Kier alpha value is -0.410. The van der Waals surface area contributed by atoms with Crippen molar-refractivity contribution >= 4 is 15.9 Å². The predicted octanol–water partition coefficient (Wildman–Crippen LogP) is 4.58. The van der Waals surface area contributed by atoms with Gasteiger partial charge in [0.1, 0.15) is 0 Å². The minimum Gasteiger partial charge on any atom is -0.314 e. The molecule has 112 valence electrons. The number of aromatic nitrogens is 1. The molecule has 0 radical (unpaired) electrons. The Kier molecular flexibility index (Phi) is 6.50. The summed E-state index contributed by atoms with van der Waals surface area (Å²) in [6.45, 7) is 5.65. The molecule has 0 aliphatic heterocycles. The molecule has 2 rings (SSSR count). The summed E-state index contributed by atoms with van der Waals surface area (Å²) < 4.78 is 1.10. The maximum absolute atomic E-state index is 4.31. The Bertz CT molecular complexity index is 406. The second kappa shape index (κ2) is 8.14. The lowest BCUT2D eigenvalue weighted by Crippen LogP contribution is -2.33. The lowest BCUT2D eigenvalue weighted by Gasteiger charge is -2.26. The number of halogens is 1. The van der Waals surface area contributed by atoms with Crippen LogP contribution in [-0.4, -0.2) is 17.6 Å². The largest absolute Gasteiger partial charge is 0.314 e. The molecule has 1 aromatic rings. The molecule has 3 heteroatoms. The molecule has 2 atom stereocenters. The monoisotopic (exact) mass is 338 g/mol. The van der Waals surface area contributed by atoms with Crippen LogP contribution in [0.2, 0.25) is 0 Å². The van der Waals surface area contributed by atoms with E-state index in [1.807, 2.05) is 12.4 Å². The first-order valence-electron chi connectivity index (χ1n) is 7.98. The first-order valence-corrected chi connectivity index (χ1v) is 8.77. The lowest BCUT2D eigenvalue weighted by atomic mass is 9.83. The van der Waals surface area contributed by atoms with Gasteiger partial charge in [-0.05, 0) is 65.2 Å². The molecule has 0 spiro atoms. The van der Waals surface area contributed by atoms with Crippen LogP contribution in [0.3, 0.4) is 0 Å². The van der Waals surface area contributed by atoms with E-state index in [9.17, 15) is 0 Å². The zero-order valence-electron chi connectivity index (χ0n) is 12.7. The molecule has 2 nitrogen and oxygen atoms in total. The van der Waals surface area contributed by atoms with Gasteiger partial charge in [-0.2, -0.15) is 0 Å². The molecule has 1 N–H and O–H groups in total. The van der Waals surface area contributed by atoms with E-state index >= 15 is 0 Å². The third kappa shape index (κ3) is 5.17. The van der Waals surface area contributed by atoms with Crippen LogP contribution in [-0.2, 0) is 6.42 Å². The molecular formula is C17H27BrN2. The highest BCUT2D eigenvalue weighted by molar-refractivity contribution is 9.10. The Morgan fingerprint density at radius 1 is 1.20 bits per heavy atom. The van der Waals surface area contributed by atoms with Crippen LogP contribution in [0.5, 0.6) is 0 Å². The molecule has 1 saturated carbocycles. The molecule has 1 heterocycles. The number of rotatable bonds is 5. The van der Waals surface area contributed by atoms with Crippen LogP contribution in [0.4, 0.5) is 0 Å². The van der Waals surface area contributed by atoms with Crippen molar-refractivity contribution in [2.24, 2.45) is 11.8 Å². The maximum Gasteiger partial charge on any atom is 0.0410 e. The van der Waals surface area contributed by atoms with Crippen LogP contribution in [0.25, 0.3) is 0 Å². The molecular weight excluding hydrogens is 312 g/mol. The molecule has 0 aromatic carbocycles. The standard InChI is InChI=1S/C17H27BrN2/c1-13(2)20-11-16-7-5-3-4-6-15(16)8-14-9-17(18)12-19-10-14/h9-10,12-13,15-16,20H,3-8,11H2,1-2H3. The fraction of sp³-hybridized carbons (Fsp3) is 0.706. The van der Waals surface area contributed by atoms with Gasteiger partial charge in [-0.3, -0.25) is 4.98 Å².